The summed E-state index contributed by atoms with van der Waals surface area (Å²) in [4.78, 5) is 16.0. The average Bonchev–Trinajstić information content (AvgIpc) is 2.48. The molecule has 1 heterocycles. The van der Waals surface area contributed by atoms with Crippen LogP contribution in [-0.2, 0) is 11.2 Å². The fourth-order valence-corrected chi connectivity index (χ4v) is 1.93. The number of anilines is 1. The summed E-state index contributed by atoms with van der Waals surface area (Å²) in [6, 6.07) is 8.77. The molecule has 0 unspecified atom stereocenters. The second-order valence-corrected chi connectivity index (χ2v) is 4.72. The lowest BCUT2D eigenvalue weighted by Gasteiger charge is -2.08. The third-order valence-electron chi connectivity index (χ3n) is 2.67. The van der Waals surface area contributed by atoms with Crippen LogP contribution in [0.25, 0.3) is 0 Å². The maximum atomic E-state index is 12.0. The van der Waals surface area contributed by atoms with E-state index in [4.69, 9.17) is 17.3 Å². The molecule has 1 aromatic heterocycles. The van der Waals surface area contributed by atoms with Gasteiger partial charge in [0.25, 0.3) is 0 Å². The number of amides is 1. The smallest absolute Gasteiger partial charge is 0.228 e. The molecule has 4 nitrogen and oxygen atoms in total. The first-order valence-corrected chi connectivity index (χ1v) is 6.74. The van der Waals surface area contributed by atoms with E-state index in [-0.39, 0.29) is 18.9 Å². The highest BCUT2D eigenvalue weighted by Gasteiger charge is 2.07. The fraction of sp³-hybridized carbons (Fsp3) is 0.125. The van der Waals surface area contributed by atoms with E-state index in [1.54, 1.807) is 36.7 Å². The van der Waals surface area contributed by atoms with Crippen molar-refractivity contribution in [3.8, 4) is 11.8 Å². The number of rotatable bonds is 3. The van der Waals surface area contributed by atoms with E-state index in [2.05, 4.69) is 22.1 Å². The van der Waals surface area contributed by atoms with Gasteiger partial charge in [0.2, 0.25) is 5.91 Å². The molecule has 1 amide bonds. The van der Waals surface area contributed by atoms with Gasteiger partial charge in [0, 0.05) is 23.0 Å². The van der Waals surface area contributed by atoms with Crippen molar-refractivity contribution in [2.45, 2.75) is 6.42 Å². The van der Waals surface area contributed by atoms with Crippen LogP contribution in [0.5, 0.6) is 0 Å². The molecule has 0 saturated heterocycles. The zero-order valence-electron chi connectivity index (χ0n) is 11.3. The first-order chi connectivity index (χ1) is 10.2. The van der Waals surface area contributed by atoms with E-state index in [9.17, 15) is 4.79 Å². The molecule has 0 saturated carbocycles. The van der Waals surface area contributed by atoms with Crippen molar-refractivity contribution < 1.29 is 4.79 Å². The molecule has 0 aliphatic carbocycles. The van der Waals surface area contributed by atoms with Gasteiger partial charge in [-0.25, -0.2) is 0 Å². The average molecular weight is 300 g/mol. The lowest BCUT2D eigenvalue weighted by Crippen LogP contribution is -2.15. The summed E-state index contributed by atoms with van der Waals surface area (Å²) < 4.78 is 0. The van der Waals surface area contributed by atoms with Gasteiger partial charge in [-0.1, -0.05) is 29.5 Å². The summed E-state index contributed by atoms with van der Waals surface area (Å²) in [5.41, 5.74) is 7.48. The van der Waals surface area contributed by atoms with Gasteiger partial charge >= 0.3 is 0 Å². The van der Waals surface area contributed by atoms with Crippen molar-refractivity contribution in [1.29, 1.82) is 0 Å². The van der Waals surface area contributed by atoms with Crippen LogP contribution in [0, 0.1) is 11.8 Å². The highest BCUT2D eigenvalue weighted by molar-refractivity contribution is 6.30. The standard InChI is InChI=1S/C16H14ClN3O/c17-14-5-6-15(13(10-14)4-1-7-18)20-16(21)9-12-3-2-8-19-11-12/h2-3,5-6,8,10-11H,7,9,18H2,(H,20,21). The fourth-order valence-electron chi connectivity index (χ4n) is 1.76. The van der Waals surface area contributed by atoms with E-state index in [1.165, 1.54) is 0 Å². The van der Waals surface area contributed by atoms with Crippen molar-refractivity contribution in [1.82, 2.24) is 4.98 Å². The number of halogens is 1. The summed E-state index contributed by atoms with van der Waals surface area (Å²) in [5.74, 6) is 5.51. The lowest BCUT2D eigenvalue weighted by atomic mass is 10.1. The van der Waals surface area contributed by atoms with Crippen molar-refractivity contribution in [3.05, 3.63) is 58.9 Å². The molecule has 0 aliphatic heterocycles. The predicted octanol–water partition coefficient (Wildman–Crippen LogP) is 2.23. The first kappa shape index (κ1) is 15.0. The third-order valence-corrected chi connectivity index (χ3v) is 2.90. The molecule has 0 radical (unpaired) electrons. The van der Waals surface area contributed by atoms with Crippen molar-refractivity contribution >= 4 is 23.2 Å². The molecule has 1 aromatic carbocycles. The number of nitrogens with one attached hydrogen (secondary N) is 1. The van der Waals surface area contributed by atoms with Crippen LogP contribution in [0.15, 0.2) is 42.7 Å². The second kappa shape index (κ2) is 7.44. The number of carbonyl (C=O) groups is 1. The zero-order chi connectivity index (χ0) is 15.1. The summed E-state index contributed by atoms with van der Waals surface area (Å²) >= 11 is 5.94. The van der Waals surface area contributed by atoms with Gasteiger partial charge in [-0.05, 0) is 29.8 Å². The van der Waals surface area contributed by atoms with Crippen molar-refractivity contribution in [3.63, 3.8) is 0 Å². The van der Waals surface area contributed by atoms with Gasteiger partial charge in [0.05, 0.1) is 18.7 Å². The van der Waals surface area contributed by atoms with Gasteiger partial charge in [0.15, 0.2) is 0 Å². The van der Waals surface area contributed by atoms with Crippen LogP contribution < -0.4 is 11.1 Å². The van der Waals surface area contributed by atoms with Crippen LogP contribution >= 0.6 is 11.6 Å². The first-order valence-electron chi connectivity index (χ1n) is 6.36. The largest absolute Gasteiger partial charge is 0.325 e. The molecule has 0 atom stereocenters. The Morgan fingerprint density at radius 1 is 1.38 bits per heavy atom. The molecule has 21 heavy (non-hydrogen) atoms. The van der Waals surface area contributed by atoms with Crippen LogP contribution in [-0.4, -0.2) is 17.4 Å². The molecule has 0 bridgehead atoms. The number of hydrogen-bond acceptors (Lipinski definition) is 3. The zero-order valence-corrected chi connectivity index (χ0v) is 12.0. The topological polar surface area (TPSA) is 68.0 Å². The Kier molecular flexibility index (Phi) is 5.33. The van der Waals surface area contributed by atoms with E-state index in [1.807, 2.05) is 6.07 Å². The minimum absolute atomic E-state index is 0.138. The molecular weight excluding hydrogens is 286 g/mol. The summed E-state index contributed by atoms with van der Waals surface area (Å²) in [6.45, 7) is 0.246. The number of aromatic nitrogens is 1. The van der Waals surface area contributed by atoms with Crippen LogP contribution in [0.1, 0.15) is 11.1 Å². The van der Waals surface area contributed by atoms with Gasteiger partial charge in [-0.3, -0.25) is 9.78 Å². The van der Waals surface area contributed by atoms with Gasteiger partial charge in [-0.2, -0.15) is 0 Å². The number of benzene rings is 1. The second-order valence-electron chi connectivity index (χ2n) is 4.28. The number of nitrogens with zero attached hydrogens (tertiary/aromatic N) is 1. The highest BCUT2D eigenvalue weighted by Crippen LogP contribution is 2.20. The Morgan fingerprint density at radius 3 is 2.95 bits per heavy atom. The van der Waals surface area contributed by atoms with Gasteiger partial charge in [0.1, 0.15) is 0 Å². The Morgan fingerprint density at radius 2 is 2.24 bits per heavy atom. The minimum Gasteiger partial charge on any atom is -0.325 e. The number of nitrogens with two attached hydrogens (primary N) is 1. The Balaban J connectivity index is 2.13. The normalized spacial score (nSPS) is 9.62. The summed E-state index contributed by atoms with van der Waals surface area (Å²) in [5, 5.41) is 3.38. The molecular formula is C16H14ClN3O. The third kappa shape index (κ3) is 4.60. The summed E-state index contributed by atoms with van der Waals surface area (Å²) in [7, 11) is 0. The molecule has 0 aliphatic rings. The number of pyridine rings is 1. The highest BCUT2D eigenvalue weighted by atomic mass is 35.5. The Bertz CT molecular complexity index is 690. The monoisotopic (exact) mass is 299 g/mol. The number of hydrogen-bond donors (Lipinski definition) is 2. The predicted molar refractivity (Wildman–Crippen MR) is 84.0 cm³/mol. The van der Waals surface area contributed by atoms with Gasteiger partial charge in [-0.15, -0.1) is 0 Å². The van der Waals surface area contributed by atoms with E-state index >= 15 is 0 Å². The summed E-state index contributed by atoms with van der Waals surface area (Å²) in [6.07, 6.45) is 3.58. The molecule has 5 heteroatoms. The Labute approximate surface area is 128 Å². The van der Waals surface area contributed by atoms with Crippen molar-refractivity contribution in [2.75, 3.05) is 11.9 Å². The van der Waals surface area contributed by atoms with Crippen LogP contribution in [0.2, 0.25) is 5.02 Å². The molecule has 0 fully saturated rings. The van der Waals surface area contributed by atoms with Gasteiger partial charge < -0.3 is 11.1 Å². The van der Waals surface area contributed by atoms with Crippen molar-refractivity contribution in [2.24, 2.45) is 5.73 Å². The van der Waals surface area contributed by atoms with E-state index < -0.39 is 0 Å². The Hall–Kier alpha value is -2.35. The molecule has 3 N–H and O–H groups in total. The molecule has 0 spiro atoms. The lowest BCUT2D eigenvalue weighted by molar-refractivity contribution is -0.115. The SMILES string of the molecule is NCC#Cc1cc(Cl)ccc1NC(=O)Cc1cccnc1. The molecule has 2 aromatic rings. The molecule has 106 valence electrons. The number of carbonyl (C=O) groups excluding carboxylic acids is 1. The van der Waals surface area contributed by atoms with Crippen LogP contribution in [0.4, 0.5) is 5.69 Å². The quantitative estimate of drug-likeness (QED) is 0.854. The van der Waals surface area contributed by atoms with Crippen LogP contribution in [0.3, 0.4) is 0 Å². The molecule has 2 rings (SSSR count). The van der Waals surface area contributed by atoms with E-state index in [0.29, 0.717) is 16.3 Å². The van der Waals surface area contributed by atoms with E-state index in [0.717, 1.165) is 5.56 Å². The maximum Gasteiger partial charge on any atom is 0.228 e. The minimum atomic E-state index is -0.138. The maximum absolute atomic E-state index is 12.0.